The molecule has 3 aromatic rings. The van der Waals surface area contributed by atoms with Gasteiger partial charge in [0.2, 0.25) is 0 Å². The number of nitro groups is 1. The maximum absolute atomic E-state index is 13.0. The highest BCUT2D eigenvalue weighted by Gasteiger charge is 2.13. The van der Waals surface area contributed by atoms with Crippen molar-refractivity contribution >= 4 is 29.4 Å². The fourth-order valence-electron chi connectivity index (χ4n) is 2.56. The van der Waals surface area contributed by atoms with Gasteiger partial charge in [0.05, 0.1) is 28.9 Å². The van der Waals surface area contributed by atoms with E-state index in [2.05, 4.69) is 15.6 Å². The lowest BCUT2D eigenvalue weighted by atomic mass is 10.2. The van der Waals surface area contributed by atoms with Crippen LogP contribution in [0, 0.1) is 22.9 Å². The molecule has 10 heteroatoms. The van der Waals surface area contributed by atoms with Crippen LogP contribution in [-0.4, -0.2) is 26.8 Å². The number of benzene rings is 2. The fourth-order valence-corrected chi connectivity index (χ4v) is 2.85. The van der Waals surface area contributed by atoms with E-state index in [1.165, 1.54) is 41.2 Å². The Labute approximate surface area is 169 Å². The summed E-state index contributed by atoms with van der Waals surface area (Å²) in [5.41, 5.74) is 4.13. The van der Waals surface area contributed by atoms with E-state index < -0.39 is 10.8 Å². The quantitative estimate of drug-likeness (QED) is 0.376. The van der Waals surface area contributed by atoms with Crippen molar-refractivity contribution in [1.82, 2.24) is 15.2 Å². The number of hydrogen-bond acceptors (Lipinski definition) is 5. The lowest BCUT2D eigenvalue weighted by Crippen LogP contribution is -2.17. The summed E-state index contributed by atoms with van der Waals surface area (Å²) in [5.74, 6) is -0.929. The zero-order chi connectivity index (χ0) is 21.0. The summed E-state index contributed by atoms with van der Waals surface area (Å²) in [6.07, 6.45) is 1.35. The van der Waals surface area contributed by atoms with Crippen LogP contribution in [0.2, 0.25) is 5.15 Å². The highest BCUT2D eigenvalue weighted by atomic mass is 35.5. The molecule has 29 heavy (non-hydrogen) atoms. The molecular weight excluding hydrogens is 401 g/mol. The van der Waals surface area contributed by atoms with Crippen LogP contribution in [0.3, 0.4) is 0 Å². The Morgan fingerprint density at radius 3 is 2.76 bits per heavy atom. The van der Waals surface area contributed by atoms with Crippen molar-refractivity contribution in [3.05, 3.63) is 92.0 Å². The molecule has 2 aromatic carbocycles. The number of aromatic nitrogens is 2. The lowest BCUT2D eigenvalue weighted by Gasteiger charge is -2.03. The number of amides is 1. The second kappa shape index (κ2) is 8.61. The molecular formula is C19H15ClFN5O3. The first-order chi connectivity index (χ1) is 13.8. The van der Waals surface area contributed by atoms with E-state index in [0.29, 0.717) is 23.0 Å². The van der Waals surface area contributed by atoms with Gasteiger partial charge in [-0.1, -0.05) is 29.8 Å². The molecule has 148 valence electrons. The van der Waals surface area contributed by atoms with E-state index in [0.717, 1.165) is 11.6 Å². The molecule has 1 amide bonds. The largest absolute Gasteiger partial charge is 0.271 e. The normalized spacial score (nSPS) is 11.0. The average molecular weight is 416 g/mol. The molecule has 1 aromatic heterocycles. The number of rotatable bonds is 6. The topological polar surface area (TPSA) is 102 Å². The molecule has 0 atom stereocenters. The number of carbonyl (C=O) groups excluding carboxylic acids is 1. The first-order valence-corrected chi connectivity index (χ1v) is 8.78. The Hall–Kier alpha value is -3.59. The maximum atomic E-state index is 13.0. The Morgan fingerprint density at radius 2 is 2.07 bits per heavy atom. The molecule has 0 spiro atoms. The van der Waals surface area contributed by atoms with Gasteiger partial charge >= 0.3 is 0 Å². The van der Waals surface area contributed by atoms with E-state index in [1.807, 2.05) is 0 Å². The third-order valence-corrected chi connectivity index (χ3v) is 4.43. The molecule has 0 aliphatic rings. The Balaban J connectivity index is 1.71. The van der Waals surface area contributed by atoms with Crippen molar-refractivity contribution in [3.63, 3.8) is 0 Å². The second-order valence-electron chi connectivity index (χ2n) is 6.08. The third kappa shape index (κ3) is 4.82. The van der Waals surface area contributed by atoms with Crippen LogP contribution in [0.25, 0.3) is 0 Å². The number of hydrogen-bond donors (Lipinski definition) is 1. The van der Waals surface area contributed by atoms with Crippen LogP contribution >= 0.6 is 11.6 Å². The number of halogens is 2. The van der Waals surface area contributed by atoms with Crippen LogP contribution < -0.4 is 5.43 Å². The van der Waals surface area contributed by atoms with Crippen LogP contribution in [-0.2, 0) is 6.54 Å². The van der Waals surface area contributed by atoms with E-state index in [9.17, 15) is 19.3 Å². The fraction of sp³-hybridized carbons (Fsp3) is 0.105. The van der Waals surface area contributed by atoms with E-state index in [1.54, 1.807) is 19.1 Å². The lowest BCUT2D eigenvalue weighted by molar-refractivity contribution is -0.384. The van der Waals surface area contributed by atoms with Gasteiger partial charge in [-0.2, -0.15) is 10.2 Å². The molecule has 0 radical (unpaired) electrons. The molecule has 0 aliphatic carbocycles. The van der Waals surface area contributed by atoms with E-state index in [4.69, 9.17) is 11.6 Å². The molecule has 1 N–H and O–H groups in total. The monoisotopic (exact) mass is 415 g/mol. The van der Waals surface area contributed by atoms with Crippen LogP contribution in [0.1, 0.15) is 27.2 Å². The van der Waals surface area contributed by atoms with Gasteiger partial charge in [0.1, 0.15) is 11.0 Å². The predicted molar refractivity (Wildman–Crippen MR) is 106 cm³/mol. The Kier molecular flexibility index (Phi) is 5.99. The maximum Gasteiger partial charge on any atom is 0.271 e. The van der Waals surface area contributed by atoms with Gasteiger partial charge in [-0.15, -0.1) is 0 Å². The number of carbonyl (C=O) groups is 1. The van der Waals surface area contributed by atoms with Crippen molar-refractivity contribution in [3.8, 4) is 0 Å². The number of aryl methyl sites for hydroxylation is 1. The Bertz CT molecular complexity index is 1100. The highest BCUT2D eigenvalue weighted by molar-refractivity contribution is 6.32. The predicted octanol–water partition coefficient (Wildman–Crippen LogP) is 3.70. The van der Waals surface area contributed by atoms with Crippen LogP contribution in [0.4, 0.5) is 10.1 Å². The van der Waals surface area contributed by atoms with E-state index >= 15 is 0 Å². The summed E-state index contributed by atoms with van der Waals surface area (Å²) < 4.78 is 14.6. The summed E-state index contributed by atoms with van der Waals surface area (Å²) in [6.45, 7) is 2.07. The summed E-state index contributed by atoms with van der Waals surface area (Å²) >= 11 is 6.35. The highest BCUT2D eigenvalue weighted by Crippen LogP contribution is 2.19. The minimum absolute atomic E-state index is 0.103. The molecule has 0 fully saturated rings. The number of nitrogens with one attached hydrogen (secondary N) is 1. The van der Waals surface area contributed by atoms with Crippen molar-refractivity contribution in [2.75, 3.05) is 0 Å². The molecule has 0 aliphatic heterocycles. The van der Waals surface area contributed by atoms with Crippen LogP contribution in [0.15, 0.2) is 53.6 Å². The third-order valence-electron chi connectivity index (χ3n) is 4.03. The minimum Gasteiger partial charge on any atom is -0.267 e. The van der Waals surface area contributed by atoms with Gasteiger partial charge in [0.25, 0.3) is 11.6 Å². The average Bonchev–Trinajstić information content (AvgIpc) is 2.97. The molecule has 3 rings (SSSR count). The summed E-state index contributed by atoms with van der Waals surface area (Å²) in [7, 11) is 0. The van der Waals surface area contributed by atoms with Gasteiger partial charge in [-0.05, 0) is 30.7 Å². The zero-order valence-electron chi connectivity index (χ0n) is 15.2. The molecule has 0 bridgehead atoms. The first-order valence-electron chi connectivity index (χ1n) is 8.40. The number of nitrogens with zero attached hydrogens (tertiary/aromatic N) is 4. The minimum atomic E-state index is -0.600. The Morgan fingerprint density at radius 1 is 1.34 bits per heavy atom. The summed E-state index contributed by atoms with van der Waals surface area (Å²) in [5, 5.41) is 19.3. The van der Waals surface area contributed by atoms with E-state index in [-0.39, 0.29) is 17.1 Å². The number of non-ortho nitro benzene ring substituents is 1. The molecule has 8 nitrogen and oxygen atoms in total. The van der Waals surface area contributed by atoms with Crippen molar-refractivity contribution in [2.24, 2.45) is 5.10 Å². The molecule has 1 heterocycles. The molecule has 0 saturated heterocycles. The second-order valence-corrected chi connectivity index (χ2v) is 6.44. The van der Waals surface area contributed by atoms with Crippen LogP contribution in [0.5, 0.6) is 0 Å². The smallest absolute Gasteiger partial charge is 0.267 e. The standard InChI is InChI=1S/C19H15ClFN5O3/c1-12-17(18(20)25(24-12)11-13-5-7-15(21)8-6-13)10-22-23-19(27)14-3-2-4-16(9-14)26(28)29/h2-10H,11H2,1H3,(H,23,27). The number of hydrazone groups is 1. The van der Waals surface area contributed by atoms with Gasteiger partial charge in [-0.25, -0.2) is 14.5 Å². The molecule has 0 saturated carbocycles. The van der Waals surface area contributed by atoms with Gasteiger partial charge in [0.15, 0.2) is 0 Å². The summed E-state index contributed by atoms with van der Waals surface area (Å²) in [4.78, 5) is 22.3. The zero-order valence-corrected chi connectivity index (χ0v) is 15.9. The van der Waals surface area contributed by atoms with Crippen molar-refractivity contribution in [2.45, 2.75) is 13.5 Å². The van der Waals surface area contributed by atoms with Gasteiger partial charge in [-0.3, -0.25) is 14.9 Å². The number of nitro benzene ring substituents is 1. The van der Waals surface area contributed by atoms with Crippen molar-refractivity contribution < 1.29 is 14.1 Å². The first kappa shape index (κ1) is 20.2. The summed E-state index contributed by atoms with van der Waals surface area (Å²) in [6, 6.07) is 11.3. The van der Waals surface area contributed by atoms with Gasteiger partial charge in [0, 0.05) is 17.7 Å². The van der Waals surface area contributed by atoms with Crippen molar-refractivity contribution in [1.29, 1.82) is 0 Å². The molecule has 0 unspecified atom stereocenters. The SMILES string of the molecule is Cc1nn(Cc2ccc(F)cc2)c(Cl)c1C=NNC(=O)c1cccc([N+](=O)[O-])c1. The van der Waals surface area contributed by atoms with Gasteiger partial charge < -0.3 is 0 Å².